The number of nitrogens with two attached hydrogens (primary N) is 4. The Labute approximate surface area is 100 Å². The molecule has 5 heteroatoms. The molecule has 5 nitrogen and oxygen atoms in total. The van der Waals surface area contributed by atoms with Crippen LogP contribution >= 0.6 is 0 Å². The molecule has 0 aromatic rings. The first kappa shape index (κ1) is 11.9. The third kappa shape index (κ3) is 2.76. The third-order valence-electron chi connectivity index (χ3n) is 2.81. The summed E-state index contributed by atoms with van der Waals surface area (Å²) in [6.45, 7) is 0. The van der Waals surface area contributed by atoms with Crippen LogP contribution in [-0.2, 0) is 4.74 Å². The van der Waals surface area contributed by atoms with Gasteiger partial charge in [0, 0.05) is 24.2 Å². The van der Waals surface area contributed by atoms with Gasteiger partial charge < -0.3 is 16.2 Å². The van der Waals surface area contributed by atoms with Crippen molar-refractivity contribution in [2.24, 2.45) is 22.9 Å². The summed E-state index contributed by atoms with van der Waals surface area (Å²) in [5, 5.41) is 0. The molecule has 2 aliphatic carbocycles. The second-order valence-electron chi connectivity index (χ2n) is 4.50. The lowest BCUT2D eigenvalue weighted by Crippen LogP contribution is -2.54. The Kier molecular flexibility index (Phi) is 2.82. The minimum Gasteiger partial charge on any atom is -0.399 e. The SMILES string of the molecule is NC1=CCC(N)(OC2(N)C=CC(N)=CC2)C=C1. The van der Waals surface area contributed by atoms with Crippen molar-refractivity contribution < 1.29 is 4.74 Å². The Balaban J connectivity index is 2.07. The summed E-state index contributed by atoms with van der Waals surface area (Å²) >= 11 is 0. The van der Waals surface area contributed by atoms with Crippen LogP contribution in [0.15, 0.2) is 47.9 Å². The molecule has 17 heavy (non-hydrogen) atoms. The molecule has 0 bridgehead atoms. The van der Waals surface area contributed by atoms with Gasteiger partial charge in [-0.05, 0) is 24.3 Å². The smallest absolute Gasteiger partial charge is 0.142 e. The molecule has 0 saturated heterocycles. The summed E-state index contributed by atoms with van der Waals surface area (Å²) in [6.07, 6.45) is 11.6. The van der Waals surface area contributed by atoms with E-state index in [2.05, 4.69) is 0 Å². The van der Waals surface area contributed by atoms with Crippen molar-refractivity contribution in [2.45, 2.75) is 24.3 Å². The molecule has 2 aliphatic rings. The standard InChI is InChI=1S/C12H18N4O/c13-9-1-5-11(15,6-2-9)17-12(16)7-3-10(14)4-8-12/h1-5,7H,6,8,13-16H2. The molecule has 0 aliphatic heterocycles. The maximum atomic E-state index is 6.10. The average molecular weight is 234 g/mol. The maximum absolute atomic E-state index is 6.10. The monoisotopic (exact) mass is 234 g/mol. The van der Waals surface area contributed by atoms with Crippen LogP contribution in [0.1, 0.15) is 12.8 Å². The highest BCUT2D eigenvalue weighted by Gasteiger charge is 2.34. The molecule has 2 rings (SSSR count). The zero-order valence-corrected chi connectivity index (χ0v) is 9.60. The lowest BCUT2D eigenvalue weighted by Gasteiger charge is -2.37. The van der Waals surface area contributed by atoms with E-state index in [1.54, 1.807) is 24.3 Å². The molecule has 0 amide bonds. The fourth-order valence-electron chi connectivity index (χ4n) is 1.81. The van der Waals surface area contributed by atoms with E-state index in [-0.39, 0.29) is 0 Å². The Hall–Kier alpha value is -1.56. The molecule has 0 spiro atoms. The minimum atomic E-state index is -0.915. The van der Waals surface area contributed by atoms with Crippen molar-refractivity contribution in [1.29, 1.82) is 0 Å². The van der Waals surface area contributed by atoms with Crippen molar-refractivity contribution >= 4 is 0 Å². The summed E-state index contributed by atoms with van der Waals surface area (Å²) in [5.41, 5.74) is 23.0. The number of hydrogen-bond donors (Lipinski definition) is 4. The molecule has 0 fully saturated rings. The van der Waals surface area contributed by atoms with Gasteiger partial charge in [-0.3, -0.25) is 11.5 Å². The first-order chi connectivity index (χ1) is 7.91. The van der Waals surface area contributed by atoms with E-state index in [4.69, 9.17) is 27.7 Å². The molecule has 0 aromatic heterocycles. The van der Waals surface area contributed by atoms with Crippen LogP contribution in [0.5, 0.6) is 0 Å². The molecule has 0 aromatic carbocycles. The van der Waals surface area contributed by atoms with Gasteiger partial charge >= 0.3 is 0 Å². The number of hydrogen-bond acceptors (Lipinski definition) is 5. The van der Waals surface area contributed by atoms with E-state index in [0.717, 1.165) is 0 Å². The number of rotatable bonds is 2. The van der Waals surface area contributed by atoms with Crippen LogP contribution < -0.4 is 22.9 Å². The highest BCUT2D eigenvalue weighted by molar-refractivity contribution is 5.27. The second kappa shape index (κ2) is 4.03. The Morgan fingerprint density at radius 2 is 1.29 bits per heavy atom. The topological polar surface area (TPSA) is 113 Å². The average Bonchev–Trinajstić information content (AvgIpc) is 2.28. The summed E-state index contributed by atoms with van der Waals surface area (Å²) in [4.78, 5) is 0. The van der Waals surface area contributed by atoms with Gasteiger partial charge in [-0.2, -0.15) is 0 Å². The third-order valence-corrected chi connectivity index (χ3v) is 2.81. The number of ether oxygens (including phenoxy) is 1. The van der Waals surface area contributed by atoms with Crippen molar-refractivity contribution in [3.05, 3.63) is 47.9 Å². The van der Waals surface area contributed by atoms with Gasteiger partial charge in [0.25, 0.3) is 0 Å². The Bertz CT molecular complexity index is 398. The second-order valence-corrected chi connectivity index (χ2v) is 4.50. The van der Waals surface area contributed by atoms with Crippen LogP contribution in [0.25, 0.3) is 0 Å². The molecule has 0 heterocycles. The summed E-state index contributed by atoms with van der Waals surface area (Å²) in [5.74, 6) is 0. The summed E-state index contributed by atoms with van der Waals surface area (Å²) in [6, 6.07) is 0. The molecule has 8 N–H and O–H groups in total. The van der Waals surface area contributed by atoms with E-state index < -0.39 is 11.4 Å². The van der Waals surface area contributed by atoms with Crippen molar-refractivity contribution in [1.82, 2.24) is 0 Å². The number of allylic oxidation sites excluding steroid dienone is 2. The van der Waals surface area contributed by atoms with Crippen molar-refractivity contribution in [3.8, 4) is 0 Å². The lowest BCUT2D eigenvalue weighted by molar-refractivity contribution is -0.100. The maximum Gasteiger partial charge on any atom is 0.142 e. The van der Waals surface area contributed by atoms with Gasteiger partial charge in [-0.25, -0.2) is 0 Å². The van der Waals surface area contributed by atoms with Crippen LogP contribution in [0.3, 0.4) is 0 Å². The van der Waals surface area contributed by atoms with Gasteiger partial charge in [0.15, 0.2) is 0 Å². The van der Waals surface area contributed by atoms with Crippen LogP contribution in [-0.4, -0.2) is 11.4 Å². The zero-order chi connectivity index (χ0) is 12.5. The van der Waals surface area contributed by atoms with E-state index in [1.807, 2.05) is 12.2 Å². The van der Waals surface area contributed by atoms with Gasteiger partial charge in [-0.15, -0.1) is 0 Å². The Morgan fingerprint density at radius 3 is 1.59 bits per heavy atom. The molecule has 2 unspecified atom stereocenters. The van der Waals surface area contributed by atoms with Crippen molar-refractivity contribution in [2.75, 3.05) is 0 Å². The predicted molar refractivity (Wildman–Crippen MR) is 67.0 cm³/mol. The van der Waals surface area contributed by atoms with Crippen molar-refractivity contribution in [3.63, 3.8) is 0 Å². The summed E-state index contributed by atoms with van der Waals surface area (Å²) < 4.78 is 5.79. The summed E-state index contributed by atoms with van der Waals surface area (Å²) in [7, 11) is 0. The van der Waals surface area contributed by atoms with E-state index in [1.165, 1.54) is 0 Å². The molecule has 0 radical (unpaired) electrons. The highest BCUT2D eigenvalue weighted by Crippen LogP contribution is 2.27. The predicted octanol–water partition coefficient (Wildman–Crippen LogP) is -0.0820. The first-order valence-corrected chi connectivity index (χ1v) is 5.49. The minimum absolute atomic E-state index is 0.501. The lowest BCUT2D eigenvalue weighted by atomic mass is 10.00. The van der Waals surface area contributed by atoms with E-state index in [0.29, 0.717) is 24.2 Å². The molecular formula is C12H18N4O. The van der Waals surface area contributed by atoms with Crippen LogP contribution in [0.2, 0.25) is 0 Å². The molecular weight excluding hydrogens is 216 g/mol. The van der Waals surface area contributed by atoms with Gasteiger partial charge in [0.1, 0.15) is 11.4 Å². The first-order valence-electron chi connectivity index (χ1n) is 5.49. The Morgan fingerprint density at radius 1 is 0.882 bits per heavy atom. The van der Waals surface area contributed by atoms with Gasteiger partial charge in [-0.1, -0.05) is 12.2 Å². The molecule has 2 atom stereocenters. The fraction of sp³-hybridized carbons (Fsp3) is 0.333. The molecule has 92 valence electrons. The highest BCUT2D eigenvalue weighted by atomic mass is 16.5. The largest absolute Gasteiger partial charge is 0.399 e. The molecule has 0 saturated carbocycles. The quantitative estimate of drug-likeness (QED) is 0.499. The normalized spacial score (nSPS) is 36.6. The van der Waals surface area contributed by atoms with Gasteiger partial charge in [0.2, 0.25) is 0 Å². The van der Waals surface area contributed by atoms with Gasteiger partial charge in [0.05, 0.1) is 0 Å². The zero-order valence-electron chi connectivity index (χ0n) is 9.60. The van der Waals surface area contributed by atoms with Crippen LogP contribution in [0, 0.1) is 0 Å². The fourth-order valence-corrected chi connectivity index (χ4v) is 1.81. The van der Waals surface area contributed by atoms with Crippen LogP contribution in [0.4, 0.5) is 0 Å². The van der Waals surface area contributed by atoms with E-state index >= 15 is 0 Å². The van der Waals surface area contributed by atoms with E-state index in [9.17, 15) is 0 Å².